The lowest BCUT2D eigenvalue weighted by Gasteiger charge is -2.04. The van der Waals surface area contributed by atoms with Crippen LogP contribution in [0.2, 0.25) is 0 Å². The molecule has 1 heterocycles. The van der Waals surface area contributed by atoms with Crippen molar-refractivity contribution in [2.75, 3.05) is 0 Å². The first-order chi connectivity index (χ1) is 6.59. The minimum absolute atomic E-state index is 0.0890. The van der Waals surface area contributed by atoms with Crippen molar-refractivity contribution in [2.24, 2.45) is 7.05 Å². The lowest BCUT2D eigenvalue weighted by molar-refractivity contribution is 0.537. The Hall–Kier alpha value is -0.980. The van der Waals surface area contributed by atoms with E-state index in [4.69, 9.17) is 0 Å². The summed E-state index contributed by atoms with van der Waals surface area (Å²) in [6.45, 7) is 0. The third kappa shape index (κ3) is 1.41. The zero-order valence-electron chi connectivity index (χ0n) is 7.22. The number of benzene rings is 1. The average molecular weight is 228 g/mol. The van der Waals surface area contributed by atoms with Gasteiger partial charge >= 0.3 is 4.87 Å². The summed E-state index contributed by atoms with van der Waals surface area (Å²) in [6.07, 6.45) is 0. The van der Waals surface area contributed by atoms with E-state index in [1.165, 1.54) is 16.7 Å². The van der Waals surface area contributed by atoms with Crippen LogP contribution in [-0.4, -0.2) is 13.3 Å². The van der Waals surface area contributed by atoms with Gasteiger partial charge < -0.3 is 9.12 Å². The number of nitrogens with zero attached hydrogens (tertiary/aromatic N) is 1. The highest BCUT2D eigenvalue weighted by molar-refractivity contribution is 7.79. The molecule has 2 aromatic rings. The first kappa shape index (κ1) is 9.57. The highest BCUT2D eigenvalue weighted by atomic mass is 32.2. The first-order valence-corrected chi connectivity index (χ1v) is 5.67. The Balaban J connectivity index is 2.80. The highest BCUT2D eigenvalue weighted by Gasteiger charge is 2.04. The van der Waals surface area contributed by atoms with Crippen molar-refractivity contribution in [3.8, 4) is 0 Å². The van der Waals surface area contributed by atoms with Gasteiger partial charge in [0.15, 0.2) is 0 Å². The number of hydrogen-bond donors (Lipinski definition) is 0. The number of aryl methyl sites for hydroxylation is 1. The van der Waals surface area contributed by atoms with Crippen LogP contribution in [0.1, 0.15) is 0 Å². The molecule has 0 bridgehead atoms. The smallest absolute Gasteiger partial charge is 0.307 e. The summed E-state index contributed by atoms with van der Waals surface area (Å²) in [5.74, 6) is 0. The first-order valence-electron chi connectivity index (χ1n) is 3.78. The average Bonchev–Trinajstić information content (AvgIpc) is 2.42. The molecule has 0 fully saturated rings. The third-order valence-corrected chi connectivity index (χ3v) is 3.59. The summed E-state index contributed by atoms with van der Waals surface area (Å²) >= 11 is -1.19. The van der Waals surface area contributed by atoms with Crippen LogP contribution in [0.15, 0.2) is 27.9 Å². The van der Waals surface area contributed by atoms with Crippen molar-refractivity contribution in [2.45, 2.75) is 4.90 Å². The Morgan fingerprint density at radius 2 is 2.21 bits per heavy atom. The number of thiazole rings is 1. The second kappa shape index (κ2) is 3.30. The molecule has 4 nitrogen and oxygen atoms in total. The molecule has 1 aromatic carbocycles. The van der Waals surface area contributed by atoms with Crippen LogP contribution in [0.4, 0.5) is 0 Å². The van der Waals surface area contributed by atoms with Crippen molar-refractivity contribution in [3.05, 3.63) is 27.9 Å². The minimum atomic E-state index is -2.24. The molecule has 0 aliphatic rings. The second-order valence-corrected chi connectivity index (χ2v) is 4.73. The zero-order valence-corrected chi connectivity index (χ0v) is 8.85. The molecular weight excluding hydrogens is 222 g/mol. The van der Waals surface area contributed by atoms with Crippen LogP contribution < -0.4 is 4.87 Å². The Morgan fingerprint density at radius 1 is 1.50 bits per heavy atom. The van der Waals surface area contributed by atoms with Gasteiger partial charge in [-0.15, -0.1) is 0 Å². The molecule has 0 aliphatic heterocycles. The largest absolute Gasteiger partial charge is 0.768 e. The van der Waals surface area contributed by atoms with E-state index >= 15 is 0 Å². The van der Waals surface area contributed by atoms with Gasteiger partial charge in [0.1, 0.15) is 0 Å². The number of rotatable bonds is 1. The molecule has 0 N–H and O–H groups in total. The minimum Gasteiger partial charge on any atom is -0.768 e. The van der Waals surface area contributed by atoms with E-state index in [0.717, 1.165) is 16.9 Å². The Labute approximate surface area is 86.1 Å². The van der Waals surface area contributed by atoms with Crippen molar-refractivity contribution in [1.29, 1.82) is 0 Å². The van der Waals surface area contributed by atoms with Crippen LogP contribution in [-0.2, 0) is 18.1 Å². The molecule has 0 saturated carbocycles. The monoisotopic (exact) mass is 228 g/mol. The lowest BCUT2D eigenvalue weighted by atomic mass is 10.3. The van der Waals surface area contributed by atoms with Gasteiger partial charge in [0, 0.05) is 11.9 Å². The van der Waals surface area contributed by atoms with Gasteiger partial charge in [-0.05, 0) is 29.3 Å². The Kier molecular flexibility index (Phi) is 2.26. The summed E-state index contributed by atoms with van der Waals surface area (Å²) in [6, 6.07) is 4.63. The maximum absolute atomic E-state index is 11.2. The normalized spacial score (nSPS) is 13.3. The molecule has 0 amide bonds. The van der Waals surface area contributed by atoms with Gasteiger partial charge in [-0.2, -0.15) is 0 Å². The number of aromatic nitrogens is 1. The van der Waals surface area contributed by atoms with Crippen molar-refractivity contribution in [3.63, 3.8) is 0 Å². The van der Waals surface area contributed by atoms with Crippen LogP contribution in [0.3, 0.4) is 0 Å². The molecule has 0 spiro atoms. The third-order valence-electron chi connectivity index (χ3n) is 1.96. The summed E-state index contributed by atoms with van der Waals surface area (Å²) in [5.41, 5.74) is 0.759. The summed E-state index contributed by atoms with van der Waals surface area (Å²) < 4.78 is 23.5. The van der Waals surface area contributed by atoms with Crippen molar-refractivity contribution < 1.29 is 8.76 Å². The molecule has 1 unspecified atom stereocenters. The van der Waals surface area contributed by atoms with Gasteiger partial charge in [0.25, 0.3) is 0 Å². The van der Waals surface area contributed by atoms with Crippen LogP contribution >= 0.6 is 11.3 Å². The predicted molar refractivity (Wildman–Crippen MR) is 54.3 cm³/mol. The summed E-state index contributed by atoms with van der Waals surface area (Å²) in [5, 5.41) is 0. The van der Waals surface area contributed by atoms with Gasteiger partial charge in [-0.1, -0.05) is 11.3 Å². The van der Waals surface area contributed by atoms with E-state index in [9.17, 15) is 13.6 Å². The number of hydrogen-bond acceptors (Lipinski definition) is 4. The molecule has 0 radical (unpaired) electrons. The van der Waals surface area contributed by atoms with Crippen LogP contribution in [0, 0.1) is 0 Å². The second-order valence-electron chi connectivity index (χ2n) is 2.79. The van der Waals surface area contributed by atoms with E-state index in [0.29, 0.717) is 4.70 Å². The molecule has 1 aromatic heterocycles. The fourth-order valence-electron chi connectivity index (χ4n) is 1.22. The van der Waals surface area contributed by atoms with Crippen molar-refractivity contribution >= 4 is 32.6 Å². The molecule has 0 saturated heterocycles. The van der Waals surface area contributed by atoms with E-state index < -0.39 is 11.1 Å². The van der Waals surface area contributed by atoms with E-state index in [-0.39, 0.29) is 9.77 Å². The standard InChI is InChI=1S/C8H7NO3S2/c1-9-6-3-2-5(14(11)12)4-7(6)13-8(9)10/h2-4H,1H3,(H,11,12)/p-1. The molecule has 1 atom stereocenters. The summed E-state index contributed by atoms with van der Waals surface area (Å²) in [4.78, 5) is 11.4. The molecule has 14 heavy (non-hydrogen) atoms. The molecule has 2 rings (SSSR count). The lowest BCUT2D eigenvalue weighted by Crippen LogP contribution is -2.06. The molecule has 6 heteroatoms. The molecule has 0 aliphatic carbocycles. The van der Waals surface area contributed by atoms with Crippen molar-refractivity contribution in [1.82, 2.24) is 4.57 Å². The fraction of sp³-hybridized carbons (Fsp3) is 0.125. The van der Waals surface area contributed by atoms with E-state index in [2.05, 4.69) is 0 Å². The predicted octanol–water partition coefficient (Wildman–Crippen LogP) is 0.838. The zero-order chi connectivity index (χ0) is 10.3. The SMILES string of the molecule is Cn1c(=O)sc2cc(S(=O)[O-])ccc21. The van der Waals surface area contributed by atoms with Gasteiger partial charge in [0.2, 0.25) is 0 Å². The van der Waals surface area contributed by atoms with E-state index in [1.807, 2.05) is 0 Å². The van der Waals surface area contributed by atoms with Gasteiger partial charge in [-0.25, -0.2) is 0 Å². The molecular formula is C8H6NO3S2-. The maximum atomic E-state index is 11.2. The quantitative estimate of drug-likeness (QED) is 0.679. The Bertz CT molecular complexity index is 569. The van der Waals surface area contributed by atoms with Crippen LogP contribution in [0.25, 0.3) is 10.2 Å². The Morgan fingerprint density at radius 3 is 2.86 bits per heavy atom. The highest BCUT2D eigenvalue weighted by Crippen LogP contribution is 2.19. The fourth-order valence-corrected chi connectivity index (χ4v) is 2.60. The van der Waals surface area contributed by atoms with E-state index in [1.54, 1.807) is 13.1 Å². The summed E-state index contributed by atoms with van der Waals surface area (Å²) in [7, 11) is 1.66. The van der Waals surface area contributed by atoms with Gasteiger partial charge in [-0.3, -0.25) is 9.00 Å². The maximum Gasteiger partial charge on any atom is 0.307 e. The van der Waals surface area contributed by atoms with Crippen LogP contribution in [0.5, 0.6) is 0 Å². The number of fused-ring (bicyclic) bond motifs is 1. The van der Waals surface area contributed by atoms with Gasteiger partial charge in [0.05, 0.1) is 10.2 Å². The molecule has 74 valence electrons. The topological polar surface area (TPSA) is 62.1 Å².